The summed E-state index contributed by atoms with van der Waals surface area (Å²) in [5.41, 5.74) is 2.74. The molecular weight excluding hydrogens is 342 g/mol. The number of aliphatic hydroxyl groups is 1. The summed E-state index contributed by atoms with van der Waals surface area (Å²) in [6.45, 7) is 3.63. The second-order valence-electron chi connectivity index (χ2n) is 7.60. The number of hydrogen-bond donors (Lipinski definition) is 1. The summed E-state index contributed by atoms with van der Waals surface area (Å²) in [4.78, 5) is 17.1. The molecule has 0 saturated carbocycles. The monoisotopic (exact) mass is 369 g/mol. The van der Waals surface area contributed by atoms with Crippen molar-refractivity contribution < 1.29 is 9.90 Å². The van der Waals surface area contributed by atoms with E-state index in [1.54, 1.807) is 0 Å². The number of amides is 1. The van der Waals surface area contributed by atoms with Crippen LogP contribution in [0, 0.1) is 0 Å². The van der Waals surface area contributed by atoms with Crippen LogP contribution in [0.2, 0.25) is 0 Å². The smallest absolute Gasteiger partial charge is 0.236 e. The highest BCUT2D eigenvalue weighted by Crippen LogP contribution is 2.26. The average molecular weight is 369 g/mol. The first-order chi connectivity index (χ1) is 13.2. The molecule has 1 saturated heterocycles. The number of fused-ring (bicyclic) bond motifs is 1. The Kier molecular flexibility index (Phi) is 5.22. The van der Waals surface area contributed by atoms with E-state index < -0.39 is 0 Å². The van der Waals surface area contributed by atoms with E-state index in [-0.39, 0.29) is 18.4 Å². The third-order valence-electron chi connectivity index (χ3n) is 5.85. The number of nitrogens with zero attached hydrogens (tertiary/aromatic N) is 5. The van der Waals surface area contributed by atoms with E-state index in [4.69, 9.17) is 0 Å². The van der Waals surface area contributed by atoms with Crippen LogP contribution in [0.1, 0.15) is 41.5 Å². The summed E-state index contributed by atoms with van der Waals surface area (Å²) >= 11 is 0. The first-order valence-electron chi connectivity index (χ1n) is 9.71. The fraction of sp³-hybridized carbons (Fsp3) is 0.550. The van der Waals surface area contributed by atoms with E-state index in [2.05, 4.69) is 39.4 Å². The van der Waals surface area contributed by atoms with E-state index in [1.807, 2.05) is 16.5 Å². The van der Waals surface area contributed by atoms with Gasteiger partial charge in [-0.25, -0.2) is 0 Å². The highest BCUT2D eigenvalue weighted by atomic mass is 16.3. The maximum absolute atomic E-state index is 12.9. The van der Waals surface area contributed by atoms with Crippen LogP contribution in [0.4, 0.5) is 0 Å². The van der Waals surface area contributed by atoms with E-state index in [0.29, 0.717) is 18.9 Å². The Bertz CT molecular complexity index is 818. The number of aliphatic hydroxyl groups excluding tert-OH is 1. The molecule has 1 N–H and O–H groups in total. The van der Waals surface area contributed by atoms with Crippen molar-refractivity contribution in [3.8, 4) is 0 Å². The van der Waals surface area contributed by atoms with Crippen LogP contribution in [0.25, 0.3) is 0 Å². The molecule has 4 rings (SSSR count). The minimum atomic E-state index is -0.116. The molecule has 0 spiro atoms. The topological polar surface area (TPSA) is 74.5 Å². The van der Waals surface area contributed by atoms with Crippen molar-refractivity contribution in [2.45, 2.75) is 38.3 Å². The van der Waals surface area contributed by atoms with Gasteiger partial charge in [-0.2, -0.15) is 0 Å². The second-order valence-corrected chi connectivity index (χ2v) is 7.60. The van der Waals surface area contributed by atoms with Crippen LogP contribution in [0.15, 0.2) is 24.3 Å². The summed E-state index contributed by atoms with van der Waals surface area (Å²) in [5, 5.41) is 17.6. The molecule has 1 atom stereocenters. The number of benzene rings is 1. The number of piperidine rings is 1. The van der Waals surface area contributed by atoms with E-state index in [1.165, 1.54) is 11.1 Å². The highest BCUT2D eigenvalue weighted by molar-refractivity contribution is 5.78. The van der Waals surface area contributed by atoms with Crippen LogP contribution in [0.5, 0.6) is 0 Å². The number of carbonyl (C=O) groups is 1. The molecule has 2 aliphatic rings. The number of aromatic nitrogens is 3. The van der Waals surface area contributed by atoms with Gasteiger partial charge in [0.15, 0.2) is 5.82 Å². The predicted molar refractivity (Wildman–Crippen MR) is 101 cm³/mol. The summed E-state index contributed by atoms with van der Waals surface area (Å²) in [7, 11) is 1.88. The summed E-state index contributed by atoms with van der Waals surface area (Å²) in [6, 6.07) is 8.50. The Labute approximate surface area is 159 Å². The van der Waals surface area contributed by atoms with Gasteiger partial charge in [-0.15, -0.1) is 10.2 Å². The Morgan fingerprint density at radius 2 is 2.04 bits per heavy atom. The van der Waals surface area contributed by atoms with Crippen molar-refractivity contribution in [3.63, 3.8) is 0 Å². The third kappa shape index (κ3) is 3.75. The minimum Gasteiger partial charge on any atom is -0.388 e. The molecule has 1 fully saturated rings. The lowest BCUT2D eigenvalue weighted by Gasteiger charge is -2.35. The van der Waals surface area contributed by atoms with Gasteiger partial charge in [0.25, 0.3) is 0 Å². The Morgan fingerprint density at radius 1 is 1.22 bits per heavy atom. The number of carbonyl (C=O) groups excluding carboxylic acids is 1. The highest BCUT2D eigenvalue weighted by Gasteiger charge is 2.29. The van der Waals surface area contributed by atoms with Crippen molar-refractivity contribution in [1.29, 1.82) is 0 Å². The molecule has 1 unspecified atom stereocenters. The molecular formula is C20H27N5O2. The maximum atomic E-state index is 12.9. The van der Waals surface area contributed by atoms with E-state index >= 15 is 0 Å². The van der Waals surface area contributed by atoms with Gasteiger partial charge in [-0.3, -0.25) is 9.69 Å². The third-order valence-corrected chi connectivity index (χ3v) is 5.85. The van der Waals surface area contributed by atoms with Gasteiger partial charge in [-0.1, -0.05) is 24.3 Å². The fourth-order valence-corrected chi connectivity index (χ4v) is 4.26. The molecule has 0 aliphatic carbocycles. The summed E-state index contributed by atoms with van der Waals surface area (Å²) in [5.74, 6) is 1.81. The Hall–Kier alpha value is -2.25. The van der Waals surface area contributed by atoms with Gasteiger partial charge in [0.1, 0.15) is 12.4 Å². The minimum absolute atomic E-state index is 0.116. The van der Waals surface area contributed by atoms with Crippen LogP contribution < -0.4 is 0 Å². The normalized spacial score (nSPS) is 20.5. The van der Waals surface area contributed by atoms with Gasteiger partial charge in [0.2, 0.25) is 5.91 Å². The molecule has 1 aromatic heterocycles. The lowest BCUT2D eigenvalue weighted by atomic mass is 9.96. The van der Waals surface area contributed by atoms with Crippen LogP contribution in [0.3, 0.4) is 0 Å². The number of likely N-dealkylation sites (tertiary alicyclic amines) is 1. The zero-order valence-electron chi connectivity index (χ0n) is 15.8. The zero-order valence-corrected chi connectivity index (χ0v) is 15.8. The van der Waals surface area contributed by atoms with Crippen LogP contribution in [-0.2, 0) is 31.4 Å². The van der Waals surface area contributed by atoms with Crippen molar-refractivity contribution >= 4 is 5.91 Å². The van der Waals surface area contributed by atoms with Gasteiger partial charge < -0.3 is 14.6 Å². The van der Waals surface area contributed by atoms with Crippen LogP contribution >= 0.6 is 0 Å². The van der Waals surface area contributed by atoms with Gasteiger partial charge >= 0.3 is 0 Å². The molecule has 144 valence electrons. The van der Waals surface area contributed by atoms with Gasteiger partial charge in [-0.05, 0) is 30.4 Å². The molecule has 1 aromatic carbocycles. The maximum Gasteiger partial charge on any atom is 0.236 e. The lowest BCUT2D eigenvalue weighted by Crippen LogP contribution is -2.46. The first kappa shape index (κ1) is 18.1. The largest absolute Gasteiger partial charge is 0.388 e. The Morgan fingerprint density at radius 3 is 2.81 bits per heavy atom. The molecule has 7 heteroatoms. The second kappa shape index (κ2) is 7.78. The fourth-order valence-electron chi connectivity index (χ4n) is 4.26. The molecule has 27 heavy (non-hydrogen) atoms. The van der Waals surface area contributed by atoms with Crippen molar-refractivity contribution in [3.05, 3.63) is 47.0 Å². The summed E-state index contributed by atoms with van der Waals surface area (Å²) in [6.07, 6.45) is 2.98. The Balaban J connectivity index is 1.38. The molecule has 3 heterocycles. The molecule has 1 amide bonds. The van der Waals surface area contributed by atoms with E-state index in [9.17, 15) is 9.90 Å². The lowest BCUT2D eigenvalue weighted by molar-refractivity contribution is -0.133. The van der Waals surface area contributed by atoms with Crippen LogP contribution in [-0.4, -0.2) is 61.8 Å². The molecule has 0 bridgehead atoms. The molecule has 0 radical (unpaired) electrons. The van der Waals surface area contributed by atoms with Gasteiger partial charge in [0.05, 0.1) is 6.54 Å². The molecule has 2 aliphatic heterocycles. The molecule has 2 aromatic rings. The van der Waals surface area contributed by atoms with Crippen molar-refractivity contribution in [2.24, 2.45) is 7.05 Å². The van der Waals surface area contributed by atoms with Crippen molar-refractivity contribution in [1.82, 2.24) is 24.6 Å². The quantitative estimate of drug-likeness (QED) is 0.873. The van der Waals surface area contributed by atoms with Crippen molar-refractivity contribution in [2.75, 3.05) is 26.2 Å². The van der Waals surface area contributed by atoms with Gasteiger partial charge in [0, 0.05) is 39.1 Å². The van der Waals surface area contributed by atoms with E-state index in [0.717, 1.165) is 44.7 Å². The SMILES string of the molecule is Cn1c(CO)nnc1C1CCCN(C(=O)CN2CCc3ccccc3C2)C1. The standard InChI is InChI=1S/C20H27N5O2/c1-23-18(14-26)21-22-20(23)17-7-4-9-25(12-17)19(27)13-24-10-8-15-5-2-3-6-16(15)11-24/h2-3,5-6,17,26H,4,7-14H2,1H3. The number of rotatable bonds is 4. The zero-order chi connectivity index (χ0) is 18.8. The molecule has 7 nitrogen and oxygen atoms in total. The predicted octanol–water partition coefficient (Wildman–Crippen LogP) is 1.07. The number of hydrogen-bond acceptors (Lipinski definition) is 5. The first-order valence-corrected chi connectivity index (χ1v) is 9.71. The summed E-state index contributed by atoms with van der Waals surface area (Å²) < 4.78 is 1.86. The average Bonchev–Trinajstić information content (AvgIpc) is 3.08.